The Morgan fingerprint density at radius 2 is 2.05 bits per heavy atom. The molecular weight excluding hydrogens is 301 g/mol. The molecule has 9 heteroatoms. The van der Waals surface area contributed by atoms with Crippen LogP contribution in [0.15, 0.2) is 23.1 Å². The average Bonchev–Trinajstić information content (AvgIpc) is 2.42. The van der Waals surface area contributed by atoms with Gasteiger partial charge < -0.3 is 5.73 Å². The maximum Gasteiger partial charge on any atom is 0.247 e. The smallest absolute Gasteiger partial charge is 0.247 e. The molecule has 1 aliphatic heterocycles. The number of hydrogen-bond acceptors (Lipinski definition) is 5. The van der Waals surface area contributed by atoms with Gasteiger partial charge in [-0.2, -0.15) is 4.72 Å². The van der Waals surface area contributed by atoms with Crippen molar-refractivity contribution in [2.45, 2.75) is 23.8 Å². The molecule has 0 bridgehead atoms. The number of likely N-dealkylation sites (tertiary alicyclic amines) is 1. The van der Waals surface area contributed by atoms with Gasteiger partial charge in [0.2, 0.25) is 21.8 Å². The zero-order chi connectivity index (χ0) is 15.8. The summed E-state index contributed by atoms with van der Waals surface area (Å²) in [6.45, 7) is 0. The Morgan fingerprint density at radius 3 is 2.67 bits per heavy atom. The van der Waals surface area contributed by atoms with E-state index in [1.54, 1.807) is 0 Å². The first-order chi connectivity index (χ1) is 9.72. The van der Waals surface area contributed by atoms with E-state index < -0.39 is 27.8 Å². The van der Waals surface area contributed by atoms with E-state index in [1.807, 2.05) is 0 Å². The lowest BCUT2D eigenvalue weighted by atomic mass is 10.1. The van der Waals surface area contributed by atoms with Crippen molar-refractivity contribution in [2.75, 3.05) is 12.8 Å². The van der Waals surface area contributed by atoms with Crippen LogP contribution in [0.25, 0.3) is 0 Å². The number of piperidine rings is 1. The SMILES string of the molecule is CN1C(=O)CCC(NS(=O)(=O)c2ccc(N)c(F)c2)C1=O. The van der Waals surface area contributed by atoms with Crippen LogP contribution in [0.2, 0.25) is 0 Å². The summed E-state index contributed by atoms with van der Waals surface area (Å²) in [4.78, 5) is 23.7. The number of sulfonamides is 1. The molecule has 0 saturated carbocycles. The molecule has 1 unspecified atom stereocenters. The van der Waals surface area contributed by atoms with Gasteiger partial charge in [0.1, 0.15) is 11.9 Å². The zero-order valence-corrected chi connectivity index (χ0v) is 12.0. The topological polar surface area (TPSA) is 110 Å². The number of nitrogen functional groups attached to an aromatic ring is 1. The van der Waals surface area contributed by atoms with E-state index in [0.29, 0.717) is 0 Å². The molecule has 1 fully saturated rings. The van der Waals surface area contributed by atoms with E-state index in [9.17, 15) is 22.4 Å². The molecule has 0 aromatic heterocycles. The number of nitrogens with two attached hydrogens (primary N) is 1. The van der Waals surface area contributed by atoms with Crippen molar-refractivity contribution < 1.29 is 22.4 Å². The van der Waals surface area contributed by atoms with Gasteiger partial charge in [-0.15, -0.1) is 0 Å². The van der Waals surface area contributed by atoms with E-state index in [1.165, 1.54) is 7.05 Å². The fraction of sp³-hybridized carbons (Fsp3) is 0.333. The second-order valence-corrected chi connectivity index (χ2v) is 6.40. The van der Waals surface area contributed by atoms with Gasteiger partial charge >= 0.3 is 0 Å². The van der Waals surface area contributed by atoms with Crippen molar-refractivity contribution in [1.82, 2.24) is 9.62 Å². The number of amides is 2. The van der Waals surface area contributed by atoms with Crippen molar-refractivity contribution in [3.8, 4) is 0 Å². The lowest BCUT2D eigenvalue weighted by Crippen LogP contribution is -2.52. The van der Waals surface area contributed by atoms with Crippen molar-refractivity contribution in [2.24, 2.45) is 0 Å². The number of carbonyl (C=O) groups is 2. The monoisotopic (exact) mass is 315 g/mol. The number of halogens is 1. The first-order valence-electron chi connectivity index (χ1n) is 6.10. The molecule has 2 rings (SSSR count). The first kappa shape index (κ1) is 15.4. The predicted molar refractivity (Wildman–Crippen MR) is 71.9 cm³/mol. The summed E-state index contributed by atoms with van der Waals surface area (Å²) in [5.74, 6) is -1.86. The Bertz CT molecular complexity index is 704. The van der Waals surface area contributed by atoms with Crippen LogP contribution < -0.4 is 10.5 Å². The Morgan fingerprint density at radius 1 is 1.38 bits per heavy atom. The highest BCUT2D eigenvalue weighted by molar-refractivity contribution is 7.89. The standard InChI is InChI=1S/C12H14FN3O4S/c1-16-11(17)5-4-10(12(16)18)15-21(19,20)7-2-3-9(14)8(13)6-7/h2-3,6,10,15H,4-5,14H2,1H3. The minimum absolute atomic E-state index is 0.0610. The van der Waals surface area contributed by atoms with Gasteiger partial charge in [-0.3, -0.25) is 14.5 Å². The summed E-state index contributed by atoms with van der Waals surface area (Å²) in [6, 6.07) is 2.00. The first-order valence-corrected chi connectivity index (χ1v) is 7.58. The number of likely N-dealkylation sites (N-methyl/N-ethyl adjacent to an activating group) is 1. The number of nitrogens with zero attached hydrogens (tertiary/aromatic N) is 1. The normalized spacial score (nSPS) is 19.9. The predicted octanol–water partition coefficient (Wildman–Crippen LogP) is -0.166. The van der Waals surface area contributed by atoms with Crippen LogP contribution >= 0.6 is 0 Å². The molecular formula is C12H14FN3O4S. The second kappa shape index (κ2) is 5.41. The molecule has 0 aliphatic carbocycles. The summed E-state index contributed by atoms with van der Waals surface area (Å²) in [5, 5.41) is 0. The van der Waals surface area contributed by atoms with Crippen LogP contribution in [-0.2, 0) is 19.6 Å². The molecule has 21 heavy (non-hydrogen) atoms. The molecule has 1 aliphatic rings. The Kier molecular flexibility index (Phi) is 3.97. The van der Waals surface area contributed by atoms with Crippen LogP contribution in [0.1, 0.15) is 12.8 Å². The summed E-state index contributed by atoms with van der Waals surface area (Å²) in [6.07, 6.45) is 0.129. The lowest BCUT2D eigenvalue weighted by Gasteiger charge is -2.27. The van der Waals surface area contributed by atoms with E-state index in [4.69, 9.17) is 5.73 Å². The van der Waals surface area contributed by atoms with Crippen molar-refractivity contribution >= 4 is 27.5 Å². The fourth-order valence-electron chi connectivity index (χ4n) is 1.96. The van der Waals surface area contributed by atoms with Crippen LogP contribution in [0, 0.1) is 5.82 Å². The molecule has 1 aromatic rings. The number of nitrogens with one attached hydrogen (secondary N) is 1. The third-order valence-corrected chi connectivity index (χ3v) is 4.70. The molecule has 1 heterocycles. The second-order valence-electron chi connectivity index (χ2n) is 4.69. The summed E-state index contributed by atoms with van der Waals surface area (Å²) in [7, 11) is -2.79. The zero-order valence-electron chi connectivity index (χ0n) is 11.2. The maximum atomic E-state index is 13.3. The average molecular weight is 315 g/mol. The van der Waals surface area contributed by atoms with Crippen LogP contribution in [0.4, 0.5) is 10.1 Å². The van der Waals surface area contributed by atoms with E-state index in [0.717, 1.165) is 23.1 Å². The number of benzene rings is 1. The van der Waals surface area contributed by atoms with E-state index >= 15 is 0 Å². The number of anilines is 1. The highest BCUT2D eigenvalue weighted by Crippen LogP contribution is 2.18. The molecule has 114 valence electrons. The highest BCUT2D eigenvalue weighted by atomic mass is 32.2. The molecule has 0 spiro atoms. The largest absolute Gasteiger partial charge is 0.396 e. The van der Waals surface area contributed by atoms with E-state index in [2.05, 4.69) is 4.72 Å². The van der Waals surface area contributed by atoms with Crippen molar-refractivity contribution in [3.63, 3.8) is 0 Å². The third kappa shape index (κ3) is 3.03. The summed E-state index contributed by atoms with van der Waals surface area (Å²) < 4.78 is 39.8. The van der Waals surface area contributed by atoms with E-state index in [-0.39, 0.29) is 29.3 Å². The third-order valence-electron chi connectivity index (χ3n) is 3.23. The van der Waals surface area contributed by atoms with Crippen molar-refractivity contribution in [3.05, 3.63) is 24.0 Å². The molecule has 3 N–H and O–H groups in total. The quantitative estimate of drug-likeness (QED) is 0.594. The number of carbonyl (C=O) groups excluding carboxylic acids is 2. The molecule has 7 nitrogen and oxygen atoms in total. The van der Waals surface area contributed by atoms with Crippen molar-refractivity contribution in [1.29, 1.82) is 0 Å². The Labute approximate surface area is 121 Å². The molecule has 1 saturated heterocycles. The summed E-state index contributed by atoms with van der Waals surface area (Å²) in [5.41, 5.74) is 5.11. The van der Waals surface area contributed by atoms with Gasteiger partial charge in [0.25, 0.3) is 0 Å². The minimum atomic E-state index is -4.08. The van der Waals surface area contributed by atoms with Crippen LogP contribution in [-0.4, -0.2) is 38.2 Å². The van der Waals surface area contributed by atoms with Crippen LogP contribution in [0.5, 0.6) is 0 Å². The van der Waals surface area contributed by atoms with Crippen LogP contribution in [0.3, 0.4) is 0 Å². The Balaban J connectivity index is 2.23. The van der Waals surface area contributed by atoms with Gasteiger partial charge in [-0.05, 0) is 24.6 Å². The molecule has 0 radical (unpaired) electrons. The maximum absolute atomic E-state index is 13.3. The fourth-order valence-corrected chi connectivity index (χ4v) is 3.19. The molecule has 1 atom stereocenters. The number of imide groups is 1. The van der Waals surface area contributed by atoms with Gasteiger partial charge in [0.05, 0.1) is 10.6 Å². The minimum Gasteiger partial charge on any atom is -0.396 e. The molecule has 1 aromatic carbocycles. The highest BCUT2D eigenvalue weighted by Gasteiger charge is 2.34. The summed E-state index contributed by atoms with van der Waals surface area (Å²) >= 11 is 0. The Hall–Kier alpha value is -2.00. The van der Waals surface area contributed by atoms with Gasteiger partial charge in [-0.1, -0.05) is 0 Å². The lowest BCUT2D eigenvalue weighted by molar-refractivity contribution is -0.147. The van der Waals surface area contributed by atoms with Gasteiger partial charge in [0, 0.05) is 13.5 Å². The van der Waals surface area contributed by atoms with Gasteiger partial charge in [-0.25, -0.2) is 12.8 Å². The number of hydrogen-bond donors (Lipinski definition) is 2. The molecule has 2 amide bonds. The number of rotatable bonds is 3. The van der Waals surface area contributed by atoms with Gasteiger partial charge in [0.15, 0.2) is 0 Å².